The van der Waals surface area contributed by atoms with Crippen molar-refractivity contribution in [2.24, 2.45) is 0 Å². The van der Waals surface area contributed by atoms with E-state index in [1.54, 1.807) is 78.9 Å². The molecule has 1 atom stereocenters. The largest absolute Gasteiger partial charge is 0.246 e. The van der Waals surface area contributed by atoms with Gasteiger partial charge >= 0.3 is 0 Å². The zero-order valence-corrected chi connectivity index (χ0v) is 19.8. The monoisotopic (exact) mass is 486 g/mol. The maximum absolute atomic E-state index is 14.7. The first kappa shape index (κ1) is 25.1. The number of halogens is 4. The SMILES string of the molecule is C=C/C=C\C=C(/CF)P(CCP(c1ccccc1F)c1ccccc1F)c1ccccc1F. The van der Waals surface area contributed by atoms with E-state index in [0.717, 1.165) is 0 Å². The topological polar surface area (TPSA) is 0 Å². The highest BCUT2D eigenvalue weighted by atomic mass is 31.1. The quantitative estimate of drug-likeness (QED) is 0.166. The fraction of sp³-hybridized carbons (Fsp3) is 0.111. The number of benzene rings is 3. The van der Waals surface area contributed by atoms with Crippen LogP contribution in [0.15, 0.2) is 109 Å². The molecule has 0 spiro atoms. The van der Waals surface area contributed by atoms with E-state index in [2.05, 4.69) is 6.58 Å². The normalized spacial score (nSPS) is 12.9. The average Bonchev–Trinajstić information content (AvgIpc) is 2.82. The van der Waals surface area contributed by atoms with E-state index in [1.165, 1.54) is 18.2 Å². The van der Waals surface area contributed by atoms with Crippen molar-refractivity contribution in [2.45, 2.75) is 0 Å². The molecule has 0 aliphatic heterocycles. The van der Waals surface area contributed by atoms with E-state index in [9.17, 15) is 17.6 Å². The summed E-state index contributed by atoms with van der Waals surface area (Å²) in [4.78, 5) is 0. The van der Waals surface area contributed by atoms with E-state index >= 15 is 0 Å². The van der Waals surface area contributed by atoms with Crippen molar-refractivity contribution in [2.75, 3.05) is 19.0 Å². The lowest BCUT2D eigenvalue weighted by Crippen LogP contribution is -2.22. The van der Waals surface area contributed by atoms with Gasteiger partial charge in [0.05, 0.1) is 0 Å². The molecule has 1 unspecified atom stereocenters. The number of rotatable bonds is 10. The van der Waals surface area contributed by atoms with Crippen molar-refractivity contribution in [3.8, 4) is 0 Å². The molecule has 33 heavy (non-hydrogen) atoms. The van der Waals surface area contributed by atoms with Gasteiger partial charge in [-0.25, -0.2) is 17.6 Å². The molecular formula is C27H24F4P2. The summed E-state index contributed by atoms with van der Waals surface area (Å²) in [6.07, 6.45) is 7.36. The van der Waals surface area contributed by atoms with Crippen LogP contribution in [0.25, 0.3) is 0 Å². The van der Waals surface area contributed by atoms with Crippen molar-refractivity contribution in [3.05, 3.63) is 126 Å². The molecule has 0 saturated heterocycles. The standard InChI is InChI=1S/C27H24F4P2/c1-2-3-4-11-21(20-28)32(25-15-8-5-12-22(25)29)18-19-33(26-16-9-6-13-23(26)30)27-17-10-7-14-24(27)31/h2-17H,1,18-20H2/b4-3-,21-11+. The molecule has 0 saturated carbocycles. The van der Waals surface area contributed by atoms with Crippen LogP contribution in [0.5, 0.6) is 0 Å². The molecule has 0 radical (unpaired) electrons. The Morgan fingerprint density at radius 3 is 1.64 bits per heavy atom. The molecule has 3 rings (SSSR count). The third-order valence-electron chi connectivity index (χ3n) is 5.00. The first-order valence-electron chi connectivity index (χ1n) is 10.4. The molecule has 3 aromatic carbocycles. The van der Waals surface area contributed by atoms with Gasteiger partial charge < -0.3 is 0 Å². The summed E-state index contributed by atoms with van der Waals surface area (Å²) in [6, 6.07) is 19.0. The molecule has 0 aromatic heterocycles. The summed E-state index contributed by atoms with van der Waals surface area (Å²) in [6.45, 7) is 2.87. The van der Waals surface area contributed by atoms with E-state index in [0.29, 0.717) is 33.6 Å². The van der Waals surface area contributed by atoms with Gasteiger partial charge in [0.2, 0.25) is 0 Å². The summed E-state index contributed by atoms with van der Waals surface area (Å²) in [5.41, 5.74) is 0. The first-order valence-corrected chi connectivity index (χ1v) is 13.4. The smallest absolute Gasteiger partial charge is 0.131 e. The van der Waals surface area contributed by atoms with Gasteiger partial charge in [-0.3, -0.25) is 0 Å². The molecule has 0 N–H and O–H groups in total. The third-order valence-corrected chi connectivity index (χ3v) is 10.5. The summed E-state index contributed by atoms with van der Waals surface area (Å²) in [5.74, 6) is -1.22. The average molecular weight is 486 g/mol. The summed E-state index contributed by atoms with van der Waals surface area (Å²) >= 11 is 0. The van der Waals surface area contributed by atoms with Crippen LogP contribution in [0.4, 0.5) is 17.6 Å². The Morgan fingerprint density at radius 2 is 1.18 bits per heavy atom. The predicted molar refractivity (Wildman–Crippen MR) is 135 cm³/mol. The van der Waals surface area contributed by atoms with Crippen molar-refractivity contribution < 1.29 is 17.6 Å². The number of alkyl halides is 1. The van der Waals surface area contributed by atoms with Crippen LogP contribution in [0.3, 0.4) is 0 Å². The molecule has 0 amide bonds. The highest BCUT2D eigenvalue weighted by Gasteiger charge is 2.25. The van der Waals surface area contributed by atoms with Gasteiger partial charge in [-0.05, 0) is 51.7 Å². The van der Waals surface area contributed by atoms with Crippen LogP contribution in [0.1, 0.15) is 0 Å². The minimum atomic E-state index is -1.41. The van der Waals surface area contributed by atoms with Crippen LogP contribution in [-0.2, 0) is 0 Å². The third kappa shape index (κ3) is 6.50. The van der Waals surface area contributed by atoms with Crippen molar-refractivity contribution in [1.82, 2.24) is 0 Å². The van der Waals surface area contributed by atoms with Gasteiger partial charge in [-0.1, -0.05) is 85.5 Å². The lowest BCUT2D eigenvalue weighted by Gasteiger charge is -2.25. The summed E-state index contributed by atoms with van der Waals surface area (Å²) in [5, 5.41) is 1.75. The van der Waals surface area contributed by atoms with Crippen LogP contribution < -0.4 is 15.9 Å². The lowest BCUT2D eigenvalue weighted by molar-refractivity contribution is 0.556. The van der Waals surface area contributed by atoms with Crippen molar-refractivity contribution >= 4 is 31.8 Å². The second kappa shape index (κ2) is 12.6. The highest BCUT2D eigenvalue weighted by molar-refractivity contribution is 7.75. The van der Waals surface area contributed by atoms with E-state index < -0.39 is 40.0 Å². The maximum atomic E-state index is 14.7. The second-order valence-corrected chi connectivity index (χ2v) is 11.7. The molecular weight excluding hydrogens is 462 g/mol. The zero-order chi connectivity index (χ0) is 23.6. The van der Waals surface area contributed by atoms with Crippen LogP contribution >= 0.6 is 15.8 Å². The summed E-state index contributed by atoms with van der Waals surface area (Å²) in [7, 11) is -2.80. The molecule has 3 aromatic rings. The Hall–Kier alpha value is -2.54. The maximum Gasteiger partial charge on any atom is 0.131 e. The zero-order valence-electron chi connectivity index (χ0n) is 18.0. The molecule has 0 heterocycles. The lowest BCUT2D eigenvalue weighted by atomic mass is 10.3. The number of hydrogen-bond acceptors (Lipinski definition) is 0. The number of allylic oxidation sites excluding steroid dienone is 5. The molecule has 0 fully saturated rings. The van der Waals surface area contributed by atoms with Crippen LogP contribution in [0.2, 0.25) is 0 Å². The van der Waals surface area contributed by atoms with E-state index in [4.69, 9.17) is 0 Å². The minimum absolute atomic E-state index is 0.389. The van der Waals surface area contributed by atoms with E-state index in [-0.39, 0.29) is 0 Å². The Balaban J connectivity index is 2.03. The summed E-state index contributed by atoms with van der Waals surface area (Å²) < 4.78 is 58.3. The molecule has 0 aliphatic rings. The van der Waals surface area contributed by atoms with E-state index in [1.807, 2.05) is 0 Å². The molecule has 6 heteroatoms. The van der Waals surface area contributed by atoms with Crippen LogP contribution in [0, 0.1) is 17.5 Å². The van der Waals surface area contributed by atoms with Gasteiger partial charge in [0.15, 0.2) is 0 Å². The first-order chi connectivity index (χ1) is 16.1. The Labute approximate surface area is 194 Å². The van der Waals surface area contributed by atoms with Gasteiger partial charge in [0, 0.05) is 15.9 Å². The van der Waals surface area contributed by atoms with Gasteiger partial charge in [0.1, 0.15) is 24.1 Å². The fourth-order valence-corrected chi connectivity index (χ4v) is 8.84. The molecule has 0 bridgehead atoms. The van der Waals surface area contributed by atoms with Gasteiger partial charge in [-0.15, -0.1) is 0 Å². The van der Waals surface area contributed by atoms with Crippen LogP contribution in [-0.4, -0.2) is 19.0 Å². The van der Waals surface area contributed by atoms with Gasteiger partial charge in [-0.2, -0.15) is 0 Å². The minimum Gasteiger partial charge on any atom is -0.246 e. The molecule has 0 nitrogen and oxygen atoms in total. The number of hydrogen-bond donors (Lipinski definition) is 0. The Kier molecular flexibility index (Phi) is 9.61. The Bertz CT molecular complexity index is 1090. The highest BCUT2D eigenvalue weighted by Crippen LogP contribution is 2.48. The molecule has 170 valence electrons. The van der Waals surface area contributed by atoms with Crippen molar-refractivity contribution in [1.29, 1.82) is 0 Å². The molecule has 0 aliphatic carbocycles. The Morgan fingerprint density at radius 1 is 0.697 bits per heavy atom. The fourth-order valence-electron chi connectivity index (χ4n) is 3.45. The van der Waals surface area contributed by atoms with Crippen molar-refractivity contribution in [3.63, 3.8) is 0 Å². The van der Waals surface area contributed by atoms with Gasteiger partial charge in [0.25, 0.3) is 0 Å². The predicted octanol–water partition coefficient (Wildman–Crippen LogP) is 6.94. The second-order valence-electron chi connectivity index (χ2n) is 7.07.